The molecule has 0 saturated heterocycles. The molecule has 192 valence electrons. The number of aliphatic imine (C=N–C) groups is 6. The van der Waals surface area contributed by atoms with Crippen LogP contribution in [0.15, 0.2) is 121 Å². The number of rotatable bonds is 0. The molecule has 4 aliphatic rings. The average molecular weight is 528 g/mol. The van der Waals surface area contributed by atoms with Crippen LogP contribution < -0.4 is 0 Å². The van der Waals surface area contributed by atoms with Crippen molar-refractivity contribution in [1.29, 1.82) is 0 Å². The SMILES string of the molecule is Cc1cccc2c3[nH]c(c12)N=C1N=C(N=C2CC(=NC4=NC(=N3)c3ccccc34)c3ccccc32)c2ccccc21. The molecule has 0 fully saturated rings. The second-order valence-corrected chi connectivity index (χ2v) is 10.5. The number of fused-ring (bicyclic) bond motifs is 18. The van der Waals surface area contributed by atoms with E-state index in [1.54, 1.807) is 0 Å². The van der Waals surface area contributed by atoms with Gasteiger partial charge >= 0.3 is 0 Å². The fourth-order valence-electron chi connectivity index (χ4n) is 6.12. The van der Waals surface area contributed by atoms with Crippen LogP contribution in [-0.4, -0.2) is 39.7 Å². The van der Waals surface area contributed by atoms with Gasteiger partial charge in [0.15, 0.2) is 23.3 Å². The van der Waals surface area contributed by atoms with E-state index in [2.05, 4.69) is 60.4 Å². The maximum Gasteiger partial charge on any atom is 0.164 e. The molecule has 5 aromatic rings. The molecule has 0 amide bonds. The summed E-state index contributed by atoms with van der Waals surface area (Å²) in [5.74, 6) is 4.00. The van der Waals surface area contributed by atoms with Crippen LogP contribution in [0.3, 0.4) is 0 Å². The Labute approximate surface area is 235 Å². The number of amidine groups is 4. The van der Waals surface area contributed by atoms with Crippen molar-refractivity contribution in [3.05, 3.63) is 130 Å². The number of hydrogen-bond acceptors (Lipinski definition) is 6. The van der Waals surface area contributed by atoms with Gasteiger partial charge in [-0.05, 0) is 12.5 Å². The van der Waals surface area contributed by atoms with Gasteiger partial charge in [0.2, 0.25) is 0 Å². The summed E-state index contributed by atoms with van der Waals surface area (Å²) in [5.41, 5.74) is 8.96. The normalized spacial score (nSPS) is 16.2. The second-order valence-electron chi connectivity index (χ2n) is 10.5. The Kier molecular flexibility index (Phi) is 4.47. The Hall–Kier alpha value is -5.56. The molecular weight excluding hydrogens is 506 g/mol. The third kappa shape index (κ3) is 3.26. The van der Waals surface area contributed by atoms with Gasteiger partial charge in [-0.1, -0.05) is 91.0 Å². The third-order valence-electron chi connectivity index (χ3n) is 8.04. The molecule has 4 heterocycles. The molecule has 7 heteroatoms. The summed E-state index contributed by atoms with van der Waals surface area (Å²) >= 11 is 0. The van der Waals surface area contributed by atoms with Crippen molar-refractivity contribution in [1.82, 2.24) is 4.98 Å². The lowest BCUT2D eigenvalue weighted by atomic mass is 10.1. The second kappa shape index (κ2) is 8.22. The van der Waals surface area contributed by atoms with Crippen molar-refractivity contribution in [2.75, 3.05) is 0 Å². The number of nitrogens with one attached hydrogen (secondary N) is 1. The molecule has 1 aromatic heterocycles. The van der Waals surface area contributed by atoms with Crippen molar-refractivity contribution in [2.45, 2.75) is 13.3 Å². The van der Waals surface area contributed by atoms with E-state index in [4.69, 9.17) is 30.0 Å². The summed E-state index contributed by atoms with van der Waals surface area (Å²) in [5, 5.41) is 2.00. The summed E-state index contributed by atoms with van der Waals surface area (Å²) in [6.45, 7) is 2.09. The molecule has 8 bridgehead atoms. The molecule has 1 N–H and O–H groups in total. The first-order valence-corrected chi connectivity index (χ1v) is 13.6. The van der Waals surface area contributed by atoms with Crippen LogP contribution in [0.4, 0.5) is 11.6 Å². The van der Waals surface area contributed by atoms with E-state index in [9.17, 15) is 0 Å². The Balaban J connectivity index is 1.39. The maximum atomic E-state index is 5.14. The zero-order valence-electron chi connectivity index (χ0n) is 22.1. The smallest absolute Gasteiger partial charge is 0.164 e. The lowest BCUT2D eigenvalue weighted by Crippen LogP contribution is -2.04. The fourth-order valence-corrected chi connectivity index (χ4v) is 6.12. The Bertz CT molecular complexity index is 2190. The van der Waals surface area contributed by atoms with Crippen LogP contribution in [0.2, 0.25) is 0 Å². The van der Waals surface area contributed by atoms with Crippen LogP contribution >= 0.6 is 0 Å². The average Bonchev–Trinajstić information content (AvgIpc) is 3.73. The highest BCUT2D eigenvalue weighted by molar-refractivity contribution is 6.35. The summed E-state index contributed by atoms with van der Waals surface area (Å²) in [6, 6.07) is 30.8. The van der Waals surface area contributed by atoms with Gasteiger partial charge in [-0.3, -0.25) is 0 Å². The van der Waals surface area contributed by atoms with Crippen LogP contribution in [0.5, 0.6) is 0 Å². The fraction of sp³-hybridized carbons (Fsp3) is 0.0588. The maximum absolute atomic E-state index is 5.14. The monoisotopic (exact) mass is 527 g/mol. The lowest BCUT2D eigenvalue weighted by molar-refractivity contribution is 1.29. The molecule has 1 aliphatic carbocycles. The zero-order chi connectivity index (χ0) is 27.1. The van der Waals surface area contributed by atoms with Crippen LogP contribution in [0, 0.1) is 6.92 Å². The largest absolute Gasteiger partial charge is 0.324 e. The van der Waals surface area contributed by atoms with E-state index in [0.29, 0.717) is 41.4 Å². The van der Waals surface area contributed by atoms with Crippen molar-refractivity contribution in [2.24, 2.45) is 30.0 Å². The third-order valence-corrected chi connectivity index (χ3v) is 8.04. The molecular formula is C34H21N7. The highest BCUT2D eigenvalue weighted by Crippen LogP contribution is 2.38. The molecule has 3 aliphatic heterocycles. The highest BCUT2D eigenvalue weighted by atomic mass is 15.1. The number of aromatic nitrogens is 1. The van der Waals surface area contributed by atoms with Crippen molar-refractivity contribution in [3.8, 4) is 0 Å². The Morgan fingerprint density at radius 3 is 1.46 bits per heavy atom. The summed E-state index contributed by atoms with van der Waals surface area (Å²) in [7, 11) is 0. The van der Waals surface area contributed by atoms with Gasteiger partial charge in [-0.15, -0.1) is 0 Å². The van der Waals surface area contributed by atoms with E-state index in [-0.39, 0.29) is 0 Å². The predicted molar refractivity (Wildman–Crippen MR) is 166 cm³/mol. The van der Waals surface area contributed by atoms with Gasteiger partial charge in [-0.25, -0.2) is 30.0 Å². The first-order valence-electron chi connectivity index (χ1n) is 13.6. The van der Waals surface area contributed by atoms with Gasteiger partial charge < -0.3 is 4.98 Å². The molecule has 4 aromatic carbocycles. The highest BCUT2D eigenvalue weighted by Gasteiger charge is 2.30. The minimum Gasteiger partial charge on any atom is -0.324 e. The summed E-state index contributed by atoms with van der Waals surface area (Å²) in [4.78, 5) is 33.9. The molecule has 0 unspecified atom stereocenters. The van der Waals surface area contributed by atoms with E-state index in [0.717, 1.165) is 61.1 Å². The van der Waals surface area contributed by atoms with Gasteiger partial charge in [-0.2, -0.15) is 0 Å². The molecule has 41 heavy (non-hydrogen) atoms. The number of benzene rings is 4. The standard InChI is InChI=1S/C34H21N7/c1-18-9-8-16-25-28(18)34-40-32-24-15-7-5-13-22(24)30(38-32)36-27-17-26(19-10-2-3-11-20(19)27)35-29-21-12-4-6-14-23(21)31(37-29)39-33(25)41-34/h2-16H,17H2,1H3,(H,35,36,37,38,39,40,41). The number of nitrogens with zero attached hydrogens (tertiary/aromatic N) is 6. The van der Waals surface area contributed by atoms with E-state index in [1.807, 2.05) is 42.5 Å². The number of hydrogen-bond donors (Lipinski definition) is 1. The lowest BCUT2D eigenvalue weighted by Gasteiger charge is -2.01. The Morgan fingerprint density at radius 2 is 0.927 bits per heavy atom. The number of aryl methyl sites for hydroxylation is 1. The first-order chi connectivity index (χ1) is 20.2. The van der Waals surface area contributed by atoms with Crippen LogP contribution in [0.25, 0.3) is 10.8 Å². The molecule has 0 spiro atoms. The molecule has 0 saturated carbocycles. The quantitative estimate of drug-likeness (QED) is 0.228. The minimum absolute atomic E-state index is 0.585. The predicted octanol–water partition coefficient (Wildman–Crippen LogP) is 6.85. The van der Waals surface area contributed by atoms with Gasteiger partial charge in [0.1, 0.15) is 11.6 Å². The van der Waals surface area contributed by atoms with Gasteiger partial charge in [0, 0.05) is 50.6 Å². The van der Waals surface area contributed by atoms with Crippen LogP contribution in [-0.2, 0) is 0 Å². The number of H-pyrrole nitrogens is 1. The summed E-state index contributed by atoms with van der Waals surface area (Å²) in [6.07, 6.45) is 0.585. The van der Waals surface area contributed by atoms with E-state index in [1.165, 1.54) is 0 Å². The van der Waals surface area contributed by atoms with Crippen molar-refractivity contribution >= 4 is 57.2 Å². The number of aromatic amines is 1. The van der Waals surface area contributed by atoms with Crippen molar-refractivity contribution in [3.63, 3.8) is 0 Å². The molecule has 7 nitrogen and oxygen atoms in total. The van der Waals surface area contributed by atoms with Gasteiger partial charge in [0.05, 0.1) is 11.4 Å². The molecule has 0 radical (unpaired) electrons. The molecule has 9 rings (SSSR count). The Morgan fingerprint density at radius 1 is 0.463 bits per heavy atom. The first kappa shape index (κ1) is 22.3. The van der Waals surface area contributed by atoms with E-state index < -0.39 is 0 Å². The van der Waals surface area contributed by atoms with Crippen molar-refractivity contribution < 1.29 is 0 Å². The summed E-state index contributed by atoms with van der Waals surface area (Å²) < 4.78 is 0. The van der Waals surface area contributed by atoms with E-state index >= 15 is 0 Å². The minimum atomic E-state index is 0.585. The zero-order valence-corrected chi connectivity index (χ0v) is 22.1. The van der Waals surface area contributed by atoms with Crippen LogP contribution in [0.1, 0.15) is 45.4 Å². The molecule has 0 atom stereocenters. The van der Waals surface area contributed by atoms with Gasteiger partial charge in [0.25, 0.3) is 0 Å². The topological polar surface area (TPSA) is 89.9 Å².